The van der Waals surface area contributed by atoms with Crippen LogP contribution >= 0.6 is 0 Å². The molecule has 1 spiro atoms. The molecule has 1 atom stereocenters. The summed E-state index contributed by atoms with van der Waals surface area (Å²) < 4.78 is 20.8. The molecule has 4 rings (SSSR count). The number of likely N-dealkylation sites (tertiary alicyclic amines) is 1. The Morgan fingerprint density at radius 3 is 3.08 bits per heavy atom. The van der Waals surface area contributed by atoms with Gasteiger partial charge < -0.3 is 19.1 Å². The molecule has 6 nitrogen and oxygen atoms in total. The molecule has 1 fully saturated rings. The van der Waals surface area contributed by atoms with Crippen molar-refractivity contribution in [2.75, 3.05) is 44.4 Å². The van der Waals surface area contributed by atoms with E-state index >= 15 is 0 Å². The average molecular weight is 358 g/mol. The molecule has 7 heteroatoms. The summed E-state index contributed by atoms with van der Waals surface area (Å²) in [5, 5.41) is 0. The summed E-state index contributed by atoms with van der Waals surface area (Å²) in [6, 6.07) is 7.89. The van der Waals surface area contributed by atoms with Crippen molar-refractivity contribution in [2.45, 2.75) is 18.9 Å². The summed E-state index contributed by atoms with van der Waals surface area (Å²) in [5.74, 6) is 0.796. The van der Waals surface area contributed by atoms with Crippen molar-refractivity contribution in [3.05, 3.63) is 42.4 Å². The van der Waals surface area contributed by atoms with Gasteiger partial charge in [0.2, 0.25) is 5.91 Å². The van der Waals surface area contributed by atoms with Crippen molar-refractivity contribution < 1.29 is 13.9 Å². The van der Waals surface area contributed by atoms with E-state index in [1.807, 2.05) is 36.2 Å². The fraction of sp³-hybridized carbons (Fsp3) is 0.474. The first-order valence-corrected chi connectivity index (χ1v) is 9.03. The van der Waals surface area contributed by atoms with Crippen molar-refractivity contribution in [1.29, 1.82) is 0 Å². The predicted octanol–water partition coefficient (Wildman–Crippen LogP) is 2.13. The number of hydrogen-bond donors (Lipinski definition) is 0. The van der Waals surface area contributed by atoms with E-state index < -0.39 is 12.2 Å². The SMILES string of the molecule is CCOCC(=O)N1CC[C@]2(C1)c1cccn1-c1ncccc1N2CCF. The number of ether oxygens (including phenoxy) is 1. The number of nitrogens with zero attached hydrogens (tertiary/aromatic N) is 4. The van der Waals surface area contributed by atoms with Crippen LogP contribution in [0.25, 0.3) is 5.82 Å². The van der Waals surface area contributed by atoms with Gasteiger partial charge in [0.05, 0.1) is 11.4 Å². The van der Waals surface area contributed by atoms with Gasteiger partial charge in [0.1, 0.15) is 18.8 Å². The number of carbonyl (C=O) groups is 1. The monoisotopic (exact) mass is 358 g/mol. The van der Waals surface area contributed by atoms with E-state index in [0.717, 1.165) is 23.6 Å². The number of fused-ring (bicyclic) bond motifs is 4. The Balaban J connectivity index is 1.75. The Morgan fingerprint density at radius 1 is 1.38 bits per heavy atom. The quantitative estimate of drug-likeness (QED) is 0.822. The Labute approximate surface area is 152 Å². The van der Waals surface area contributed by atoms with Crippen LogP contribution in [0, 0.1) is 0 Å². The Kier molecular flexibility index (Phi) is 4.40. The summed E-state index contributed by atoms with van der Waals surface area (Å²) in [7, 11) is 0. The molecule has 1 saturated heterocycles. The van der Waals surface area contributed by atoms with E-state index in [1.165, 1.54) is 0 Å². The van der Waals surface area contributed by atoms with Gasteiger partial charge in [-0.25, -0.2) is 9.37 Å². The number of aromatic nitrogens is 2. The minimum absolute atomic E-state index is 0.0148. The molecule has 2 aliphatic rings. The third kappa shape index (κ3) is 2.49. The van der Waals surface area contributed by atoms with E-state index in [2.05, 4.69) is 20.5 Å². The normalized spacial score (nSPS) is 21.2. The van der Waals surface area contributed by atoms with Gasteiger partial charge in [-0.3, -0.25) is 4.79 Å². The van der Waals surface area contributed by atoms with Crippen molar-refractivity contribution in [2.24, 2.45) is 0 Å². The van der Waals surface area contributed by atoms with Crippen LogP contribution in [0.2, 0.25) is 0 Å². The zero-order valence-corrected chi connectivity index (χ0v) is 14.9. The summed E-state index contributed by atoms with van der Waals surface area (Å²) in [6.45, 7) is 3.46. The van der Waals surface area contributed by atoms with E-state index in [0.29, 0.717) is 19.7 Å². The molecule has 1 amide bonds. The second-order valence-electron chi connectivity index (χ2n) is 6.68. The number of rotatable bonds is 5. The number of carbonyl (C=O) groups excluding carboxylic acids is 1. The van der Waals surface area contributed by atoms with Crippen LogP contribution in [0.4, 0.5) is 10.1 Å². The van der Waals surface area contributed by atoms with Gasteiger partial charge in [-0.15, -0.1) is 0 Å². The van der Waals surface area contributed by atoms with Gasteiger partial charge >= 0.3 is 0 Å². The Morgan fingerprint density at radius 2 is 2.27 bits per heavy atom. The topological polar surface area (TPSA) is 50.6 Å². The van der Waals surface area contributed by atoms with E-state index in [4.69, 9.17) is 4.74 Å². The number of halogens is 1. The van der Waals surface area contributed by atoms with Crippen LogP contribution in [0.1, 0.15) is 19.0 Å². The van der Waals surface area contributed by atoms with Crippen molar-refractivity contribution in [3.8, 4) is 5.82 Å². The van der Waals surface area contributed by atoms with E-state index in [-0.39, 0.29) is 19.1 Å². The molecule has 26 heavy (non-hydrogen) atoms. The van der Waals surface area contributed by atoms with Crippen LogP contribution in [-0.2, 0) is 15.1 Å². The highest BCUT2D eigenvalue weighted by atomic mass is 19.1. The standard InChI is InChI=1S/C19H23FN4O2/c1-2-26-13-17(25)22-11-7-19(14-22)16-6-4-10-23(16)18-15(5-3-9-21-18)24(19)12-8-20/h3-6,9-10H,2,7-8,11-14H2,1H3/t19-/m0/s1. The molecule has 0 unspecified atom stereocenters. The van der Waals surface area contributed by atoms with Gasteiger partial charge in [0, 0.05) is 38.6 Å². The first-order chi connectivity index (χ1) is 12.7. The van der Waals surface area contributed by atoms with Gasteiger partial charge in [-0.1, -0.05) is 0 Å². The molecule has 2 aromatic rings. The Hall–Kier alpha value is -2.41. The van der Waals surface area contributed by atoms with Gasteiger partial charge in [-0.05, 0) is 37.6 Å². The lowest BCUT2D eigenvalue weighted by atomic mass is 9.89. The number of pyridine rings is 1. The smallest absolute Gasteiger partial charge is 0.248 e. The fourth-order valence-electron chi connectivity index (χ4n) is 4.23. The highest BCUT2D eigenvalue weighted by Crippen LogP contribution is 2.46. The van der Waals surface area contributed by atoms with E-state index in [1.54, 1.807) is 6.20 Å². The molecule has 4 heterocycles. The molecule has 2 aliphatic heterocycles. The largest absolute Gasteiger partial charge is 0.372 e. The zero-order valence-electron chi connectivity index (χ0n) is 14.9. The van der Waals surface area contributed by atoms with Crippen LogP contribution < -0.4 is 4.90 Å². The second kappa shape index (κ2) is 6.72. The highest BCUT2D eigenvalue weighted by molar-refractivity contribution is 5.78. The molecule has 0 radical (unpaired) electrons. The molecule has 138 valence electrons. The summed E-state index contributed by atoms with van der Waals surface area (Å²) in [6.07, 6.45) is 4.49. The van der Waals surface area contributed by atoms with Gasteiger partial charge in [0.15, 0.2) is 5.82 Å². The first-order valence-electron chi connectivity index (χ1n) is 9.03. The molecule has 0 aromatic carbocycles. The van der Waals surface area contributed by atoms with Gasteiger partial charge in [0.25, 0.3) is 0 Å². The van der Waals surface area contributed by atoms with Crippen molar-refractivity contribution >= 4 is 11.6 Å². The number of amides is 1. The number of anilines is 1. The highest BCUT2D eigenvalue weighted by Gasteiger charge is 2.50. The summed E-state index contributed by atoms with van der Waals surface area (Å²) >= 11 is 0. The van der Waals surface area contributed by atoms with Gasteiger partial charge in [-0.2, -0.15) is 0 Å². The lowest BCUT2D eigenvalue weighted by Gasteiger charge is -2.46. The van der Waals surface area contributed by atoms with Crippen molar-refractivity contribution in [1.82, 2.24) is 14.5 Å². The molecule has 0 aliphatic carbocycles. The maximum Gasteiger partial charge on any atom is 0.248 e. The minimum Gasteiger partial charge on any atom is -0.372 e. The van der Waals surface area contributed by atoms with Crippen molar-refractivity contribution in [3.63, 3.8) is 0 Å². The molecule has 2 aromatic heterocycles. The van der Waals surface area contributed by atoms with Crippen LogP contribution in [0.5, 0.6) is 0 Å². The molecular formula is C19H23FN4O2. The van der Waals surface area contributed by atoms with Crippen LogP contribution in [-0.4, -0.2) is 59.9 Å². The first kappa shape index (κ1) is 17.0. The lowest BCUT2D eigenvalue weighted by Crippen LogP contribution is -2.53. The molecule has 0 N–H and O–H groups in total. The predicted molar refractivity (Wildman–Crippen MR) is 96.3 cm³/mol. The summed E-state index contributed by atoms with van der Waals surface area (Å²) in [4.78, 5) is 20.9. The maximum absolute atomic E-state index is 13.5. The molecule has 0 bridgehead atoms. The Bertz CT molecular complexity index is 808. The lowest BCUT2D eigenvalue weighted by molar-refractivity contribution is -0.135. The second-order valence-corrected chi connectivity index (χ2v) is 6.68. The third-order valence-electron chi connectivity index (χ3n) is 5.37. The minimum atomic E-state index is -0.455. The zero-order chi connectivity index (χ0) is 18.1. The maximum atomic E-state index is 13.5. The molecular weight excluding hydrogens is 335 g/mol. The average Bonchev–Trinajstić information content (AvgIpc) is 3.32. The summed E-state index contributed by atoms with van der Waals surface area (Å²) in [5.41, 5.74) is 1.53. The van der Waals surface area contributed by atoms with E-state index in [9.17, 15) is 9.18 Å². The number of alkyl halides is 1. The van der Waals surface area contributed by atoms with Crippen LogP contribution in [0.15, 0.2) is 36.7 Å². The number of hydrogen-bond acceptors (Lipinski definition) is 4. The third-order valence-corrected chi connectivity index (χ3v) is 5.37. The molecule has 0 saturated carbocycles. The van der Waals surface area contributed by atoms with Crippen LogP contribution in [0.3, 0.4) is 0 Å². The fourth-order valence-corrected chi connectivity index (χ4v) is 4.23.